The normalized spacial score (nSPS) is 13.0. The summed E-state index contributed by atoms with van der Waals surface area (Å²) in [6.07, 6.45) is 0.210. The Bertz CT molecular complexity index is 1140. The van der Waals surface area contributed by atoms with Crippen LogP contribution in [0.2, 0.25) is 0 Å². The molecule has 0 aliphatic heterocycles. The molecule has 3 N–H and O–H groups in total. The number of carboxylic acids is 1. The van der Waals surface area contributed by atoms with Gasteiger partial charge in [-0.3, -0.25) is 9.59 Å². The van der Waals surface area contributed by atoms with Gasteiger partial charge < -0.3 is 24.9 Å². The van der Waals surface area contributed by atoms with Gasteiger partial charge in [-0.25, -0.2) is 9.78 Å². The Hall–Kier alpha value is -4.14. The molecule has 0 bridgehead atoms. The number of alkyl carbamates (subject to hydrolysis) is 1. The van der Waals surface area contributed by atoms with Crippen molar-refractivity contribution < 1.29 is 28.6 Å². The first-order chi connectivity index (χ1) is 15.9. The van der Waals surface area contributed by atoms with Crippen molar-refractivity contribution >= 4 is 18.0 Å². The second kappa shape index (κ2) is 9.56. The Labute approximate surface area is 189 Å². The minimum atomic E-state index is -1.03. The lowest BCUT2D eigenvalue weighted by molar-refractivity contribution is -0.137. The van der Waals surface area contributed by atoms with Gasteiger partial charge in [0.25, 0.3) is 5.91 Å². The molecule has 1 aliphatic rings. The molecule has 3 aromatic rings. The maximum absolute atomic E-state index is 12.3. The van der Waals surface area contributed by atoms with E-state index in [0.29, 0.717) is 0 Å². The third-order valence-corrected chi connectivity index (χ3v) is 5.45. The number of nitrogens with zero attached hydrogens (tertiary/aromatic N) is 1. The van der Waals surface area contributed by atoms with Crippen LogP contribution in [0.15, 0.2) is 59.3 Å². The van der Waals surface area contributed by atoms with E-state index < -0.39 is 24.0 Å². The van der Waals surface area contributed by atoms with Gasteiger partial charge in [0.05, 0.1) is 13.0 Å². The second-order valence-corrected chi connectivity index (χ2v) is 7.78. The molecule has 0 saturated carbocycles. The van der Waals surface area contributed by atoms with Crippen LogP contribution in [0.1, 0.15) is 46.6 Å². The number of ether oxygens (including phenoxy) is 1. The fraction of sp³-hybridized carbons (Fsp3) is 0.250. The second-order valence-electron chi connectivity index (χ2n) is 7.78. The third-order valence-electron chi connectivity index (χ3n) is 5.45. The molecule has 33 heavy (non-hydrogen) atoms. The van der Waals surface area contributed by atoms with Crippen molar-refractivity contribution in [2.24, 2.45) is 0 Å². The highest BCUT2D eigenvalue weighted by atomic mass is 16.5. The van der Waals surface area contributed by atoms with Crippen molar-refractivity contribution in [3.05, 3.63) is 77.5 Å². The van der Waals surface area contributed by atoms with Crippen LogP contribution in [0.3, 0.4) is 0 Å². The fourth-order valence-corrected chi connectivity index (χ4v) is 3.99. The molecule has 1 atom stereocenters. The summed E-state index contributed by atoms with van der Waals surface area (Å²) in [4.78, 5) is 39.3. The zero-order valence-corrected chi connectivity index (χ0v) is 17.9. The largest absolute Gasteiger partial charge is 0.481 e. The SMILES string of the molecule is C[C@H](CC(=O)O)NC(=O)c1ncoc1CNC(=O)OCC1c2ccccc2-c2ccccc21. The molecule has 0 spiro atoms. The number of hydrogen-bond acceptors (Lipinski definition) is 6. The molecular formula is C24H23N3O6. The van der Waals surface area contributed by atoms with E-state index >= 15 is 0 Å². The summed E-state index contributed by atoms with van der Waals surface area (Å²) < 4.78 is 10.7. The number of benzene rings is 2. The number of oxazole rings is 1. The molecule has 170 valence electrons. The van der Waals surface area contributed by atoms with E-state index in [1.54, 1.807) is 6.92 Å². The molecule has 9 heteroatoms. The monoisotopic (exact) mass is 449 g/mol. The summed E-state index contributed by atoms with van der Waals surface area (Å²) in [5.41, 5.74) is 4.46. The highest BCUT2D eigenvalue weighted by Gasteiger charge is 2.29. The lowest BCUT2D eigenvalue weighted by Crippen LogP contribution is -2.35. The first kappa shape index (κ1) is 22.1. The number of hydrogen-bond donors (Lipinski definition) is 3. The third kappa shape index (κ3) is 4.87. The van der Waals surface area contributed by atoms with Crippen LogP contribution in [0.5, 0.6) is 0 Å². The predicted octanol–water partition coefficient (Wildman–Crippen LogP) is 3.31. The standard InChI is InChI=1S/C24H23N3O6/c1-14(10-21(28)29)27-23(30)22-20(33-13-26-22)11-25-24(31)32-12-19-17-8-4-2-6-15(17)16-7-3-5-9-18(16)19/h2-9,13-14,19H,10-12H2,1H3,(H,25,31)(H,27,30)(H,28,29)/t14-/m1/s1. The summed E-state index contributed by atoms with van der Waals surface area (Å²) in [7, 11) is 0. The summed E-state index contributed by atoms with van der Waals surface area (Å²) in [5.74, 6) is -1.53. The number of carbonyl (C=O) groups is 3. The number of nitrogens with one attached hydrogen (secondary N) is 2. The van der Waals surface area contributed by atoms with Gasteiger partial charge in [0.2, 0.25) is 0 Å². The van der Waals surface area contributed by atoms with Gasteiger partial charge in [0.15, 0.2) is 17.8 Å². The number of amides is 2. The van der Waals surface area contributed by atoms with Crippen LogP contribution in [0, 0.1) is 0 Å². The molecule has 0 saturated heterocycles. The van der Waals surface area contributed by atoms with E-state index in [9.17, 15) is 14.4 Å². The summed E-state index contributed by atoms with van der Waals surface area (Å²) >= 11 is 0. The minimum absolute atomic E-state index is 0.0220. The van der Waals surface area contributed by atoms with Crippen molar-refractivity contribution in [3.63, 3.8) is 0 Å². The predicted molar refractivity (Wildman–Crippen MR) is 118 cm³/mol. The number of carboxylic acid groups (broad SMARTS) is 1. The molecule has 2 aromatic carbocycles. The molecule has 1 aliphatic carbocycles. The van der Waals surface area contributed by atoms with Gasteiger partial charge >= 0.3 is 12.1 Å². The Balaban J connectivity index is 1.34. The maximum atomic E-state index is 12.3. The molecule has 0 radical (unpaired) electrons. The van der Waals surface area contributed by atoms with E-state index in [-0.39, 0.29) is 36.9 Å². The van der Waals surface area contributed by atoms with E-state index in [1.165, 1.54) is 0 Å². The Morgan fingerprint density at radius 2 is 1.73 bits per heavy atom. The van der Waals surface area contributed by atoms with E-state index in [1.807, 2.05) is 36.4 Å². The smallest absolute Gasteiger partial charge is 0.407 e. The Morgan fingerprint density at radius 1 is 1.09 bits per heavy atom. The average Bonchev–Trinajstić information content (AvgIpc) is 3.38. The zero-order chi connectivity index (χ0) is 23.4. The van der Waals surface area contributed by atoms with E-state index in [2.05, 4.69) is 27.8 Å². The average molecular weight is 449 g/mol. The Kier molecular flexibility index (Phi) is 6.39. The summed E-state index contributed by atoms with van der Waals surface area (Å²) in [6, 6.07) is 15.5. The number of aromatic nitrogens is 1. The van der Waals surface area contributed by atoms with E-state index in [4.69, 9.17) is 14.3 Å². The van der Waals surface area contributed by atoms with Crippen molar-refractivity contribution in [1.82, 2.24) is 15.6 Å². The van der Waals surface area contributed by atoms with Gasteiger partial charge in [-0.15, -0.1) is 0 Å². The highest BCUT2D eigenvalue weighted by Crippen LogP contribution is 2.44. The van der Waals surface area contributed by atoms with Gasteiger partial charge in [-0.05, 0) is 29.2 Å². The molecule has 2 amide bonds. The van der Waals surface area contributed by atoms with Crippen LogP contribution in [0.25, 0.3) is 11.1 Å². The van der Waals surface area contributed by atoms with Gasteiger partial charge in [-0.1, -0.05) is 48.5 Å². The summed E-state index contributed by atoms with van der Waals surface area (Å²) in [5, 5.41) is 13.9. The lowest BCUT2D eigenvalue weighted by Gasteiger charge is -2.14. The van der Waals surface area contributed by atoms with E-state index in [0.717, 1.165) is 28.6 Å². The quantitative estimate of drug-likeness (QED) is 0.481. The van der Waals surface area contributed by atoms with Gasteiger partial charge in [0, 0.05) is 12.0 Å². The number of carbonyl (C=O) groups excluding carboxylic acids is 2. The number of rotatable bonds is 8. The van der Waals surface area contributed by atoms with Crippen LogP contribution in [-0.4, -0.2) is 40.7 Å². The molecule has 0 fully saturated rings. The first-order valence-corrected chi connectivity index (χ1v) is 10.5. The topological polar surface area (TPSA) is 131 Å². The van der Waals surface area contributed by atoms with Crippen molar-refractivity contribution in [2.75, 3.05) is 6.61 Å². The van der Waals surface area contributed by atoms with Crippen molar-refractivity contribution in [2.45, 2.75) is 31.8 Å². The molecular weight excluding hydrogens is 426 g/mol. The number of fused-ring (bicyclic) bond motifs is 3. The fourth-order valence-electron chi connectivity index (χ4n) is 3.99. The number of aliphatic carboxylic acids is 1. The molecule has 0 unspecified atom stereocenters. The zero-order valence-electron chi connectivity index (χ0n) is 17.9. The molecule has 9 nitrogen and oxygen atoms in total. The molecule has 1 aromatic heterocycles. The Morgan fingerprint density at radius 3 is 2.36 bits per heavy atom. The lowest BCUT2D eigenvalue weighted by atomic mass is 9.98. The van der Waals surface area contributed by atoms with Crippen molar-refractivity contribution in [1.29, 1.82) is 0 Å². The minimum Gasteiger partial charge on any atom is -0.481 e. The van der Waals surface area contributed by atoms with Crippen molar-refractivity contribution in [3.8, 4) is 11.1 Å². The molecule has 1 heterocycles. The van der Waals surface area contributed by atoms with Crippen LogP contribution >= 0.6 is 0 Å². The van der Waals surface area contributed by atoms with Crippen LogP contribution < -0.4 is 10.6 Å². The van der Waals surface area contributed by atoms with Crippen LogP contribution in [0.4, 0.5) is 4.79 Å². The first-order valence-electron chi connectivity index (χ1n) is 10.5. The maximum Gasteiger partial charge on any atom is 0.407 e. The van der Waals surface area contributed by atoms with Gasteiger partial charge in [-0.2, -0.15) is 0 Å². The molecule has 4 rings (SSSR count). The van der Waals surface area contributed by atoms with Crippen LogP contribution in [-0.2, 0) is 16.1 Å². The summed E-state index contributed by atoms with van der Waals surface area (Å²) in [6.45, 7) is 1.63. The highest BCUT2D eigenvalue weighted by molar-refractivity contribution is 5.93. The van der Waals surface area contributed by atoms with Gasteiger partial charge in [0.1, 0.15) is 6.61 Å².